The van der Waals surface area contributed by atoms with Gasteiger partial charge in [0.25, 0.3) is 0 Å². The predicted molar refractivity (Wildman–Crippen MR) is 105 cm³/mol. The van der Waals surface area contributed by atoms with E-state index in [0.29, 0.717) is 12.1 Å². The standard InChI is InChI=1S/C23H19F3N2O/c24-23(25,26)19-8-3-5-17(13-19)15-29-22(14-28-12-11-27-16-28)21-10-4-7-18-6-1-2-9-20(18)21/h1-13,16,22H,14-15H2. The molecule has 1 heterocycles. The Kier molecular flexibility index (Phi) is 5.36. The van der Waals surface area contributed by atoms with Gasteiger partial charge in [-0.2, -0.15) is 13.2 Å². The van der Waals surface area contributed by atoms with Crippen LogP contribution in [0.4, 0.5) is 13.2 Å². The van der Waals surface area contributed by atoms with Gasteiger partial charge in [-0.15, -0.1) is 0 Å². The molecule has 29 heavy (non-hydrogen) atoms. The summed E-state index contributed by atoms with van der Waals surface area (Å²) in [5.74, 6) is 0. The molecule has 0 saturated heterocycles. The average Bonchev–Trinajstić information content (AvgIpc) is 3.23. The highest BCUT2D eigenvalue weighted by atomic mass is 19.4. The van der Waals surface area contributed by atoms with Crippen LogP contribution in [0.15, 0.2) is 85.5 Å². The zero-order valence-electron chi connectivity index (χ0n) is 15.5. The maximum Gasteiger partial charge on any atom is 0.416 e. The highest BCUT2D eigenvalue weighted by Crippen LogP contribution is 2.31. The smallest absolute Gasteiger partial charge is 0.367 e. The van der Waals surface area contributed by atoms with Crippen LogP contribution < -0.4 is 0 Å². The lowest BCUT2D eigenvalue weighted by Gasteiger charge is -2.21. The van der Waals surface area contributed by atoms with Crippen LogP contribution in [0.2, 0.25) is 0 Å². The van der Waals surface area contributed by atoms with E-state index < -0.39 is 11.7 Å². The number of ether oxygens (including phenoxy) is 1. The van der Waals surface area contributed by atoms with Crippen molar-refractivity contribution in [3.63, 3.8) is 0 Å². The summed E-state index contributed by atoms with van der Waals surface area (Å²) >= 11 is 0. The first-order valence-corrected chi connectivity index (χ1v) is 9.22. The first-order valence-electron chi connectivity index (χ1n) is 9.22. The number of imidazole rings is 1. The fraction of sp³-hybridized carbons (Fsp3) is 0.174. The number of benzene rings is 3. The molecule has 3 nitrogen and oxygen atoms in total. The fourth-order valence-electron chi connectivity index (χ4n) is 3.39. The van der Waals surface area contributed by atoms with Gasteiger partial charge >= 0.3 is 6.18 Å². The number of hydrogen-bond acceptors (Lipinski definition) is 2. The summed E-state index contributed by atoms with van der Waals surface area (Å²) in [6.45, 7) is 0.583. The number of nitrogens with zero attached hydrogens (tertiary/aromatic N) is 2. The molecule has 1 aromatic heterocycles. The SMILES string of the molecule is FC(F)(F)c1cccc(COC(Cn2ccnc2)c2cccc3ccccc23)c1. The van der Waals surface area contributed by atoms with Crippen LogP contribution in [-0.4, -0.2) is 9.55 Å². The van der Waals surface area contributed by atoms with E-state index in [1.165, 1.54) is 6.07 Å². The van der Waals surface area contributed by atoms with Crippen LogP contribution in [-0.2, 0) is 24.1 Å². The minimum atomic E-state index is -4.37. The van der Waals surface area contributed by atoms with Crippen LogP contribution in [0.25, 0.3) is 10.8 Å². The summed E-state index contributed by atoms with van der Waals surface area (Å²) in [4.78, 5) is 4.07. The lowest BCUT2D eigenvalue weighted by molar-refractivity contribution is -0.137. The molecule has 1 unspecified atom stereocenters. The monoisotopic (exact) mass is 396 g/mol. The van der Waals surface area contributed by atoms with Crippen LogP contribution >= 0.6 is 0 Å². The molecule has 0 aliphatic rings. The van der Waals surface area contributed by atoms with E-state index in [9.17, 15) is 13.2 Å². The van der Waals surface area contributed by atoms with E-state index in [1.807, 2.05) is 53.2 Å². The van der Waals surface area contributed by atoms with Crippen LogP contribution in [0.5, 0.6) is 0 Å². The molecule has 4 rings (SSSR count). The minimum Gasteiger partial charge on any atom is -0.367 e. The number of aromatic nitrogens is 2. The number of alkyl halides is 3. The van der Waals surface area contributed by atoms with Crippen molar-refractivity contribution in [3.05, 3.63) is 102 Å². The van der Waals surface area contributed by atoms with Gasteiger partial charge in [-0.1, -0.05) is 54.6 Å². The van der Waals surface area contributed by atoms with Gasteiger partial charge < -0.3 is 9.30 Å². The van der Waals surface area contributed by atoms with Crippen LogP contribution in [0.3, 0.4) is 0 Å². The Bertz CT molecular complexity index is 1090. The van der Waals surface area contributed by atoms with E-state index in [-0.39, 0.29) is 12.7 Å². The second-order valence-electron chi connectivity index (χ2n) is 6.83. The Morgan fingerprint density at radius 1 is 0.966 bits per heavy atom. The molecule has 0 saturated carbocycles. The lowest BCUT2D eigenvalue weighted by Crippen LogP contribution is -2.13. The molecule has 0 radical (unpaired) electrons. The number of halogens is 3. The second kappa shape index (κ2) is 8.09. The molecule has 0 N–H and O–H groups in total. The molecule has 148 valence electrons. The van der Waals surface area contributed by atoms with E-state index >= 15 is 0 Å². The van der Waals surface area contributed by atoms with Gasteiger partial charge in [-0.05, 0) is 34.0 Å². The van der Waals surface area contributed by atoms with E-state index in [4.69, 9.17) is 4.74 Å². The van der Waals surface area contributed by atoms with Gasteiger partial charge in [0, 0.05) is 12.4 Å². The summed E-state index contributed by atoms with van der Waals surface area (Å²) in [6.07, 6.45) is 0.511. The van der Waals surface area contributed by atoms with Gasteiger partial charge in [-0.25, -0.2) is 4.98 Å². The minimum absolute atomic E-state index is 0.0759. The molecule has 4 aromatic rings. The summed E-state index contributed by atoms with van der Waals surface area (Å²) in [6, 6.07) is 19.2. The molecular formula is C23H19F3N2O. The third-order valence-electron chi connectivity index (χ3n) is 4.81. The Morgan fingerprint density at radius 2 is 1.76 bits per heavy atom. The van der Waals surface area contributed by atoms with E-state index in [1.54, 1.807) is 18.6 Å². The van der Waals surface area contributed by atoms with E-state index in [0.717, 1.165) is 28.5 Å². The molecule has 0 aliphatic heterocycles. The molecular weight excluding hydrogens is 377 g/mol. The lowest BCUT2D eigenvalue weighted by atomic mass is 10.00. The highest BCUT2D eigenvalue weighted by molar-refractivity contribution is 5.86. The van der Waals surface area contributed by atoms with Crippen molar-refractivity contribution >= 4 is 10.8 Å². The summed E-state index contributed by atoms with van der Waals surface area (Å²) in [5.41, 5.74) is 0.800. The molecule has 0 fully saturated rings. The zero-order valence-corrected chi connectivity index (χ0v) is 15.5. The van der Waals surface area contributed by atoms with Crippen molar-refractivity contribution < 1.29 is 17.9 Å². The normalized spacial score (nSPS) is 12.9. The van der Waals surface area contributed by atoms with Crippen molar-refractivity contribution in [1.82, 2.24) is 9.55 Å². The highest BCUT2D eigenvalue weighted by Gasteiger charge is 2.30. The number of fused-ring (bicyclic) bond motifs is 1. The summed E-state index contributed by atoms with van der Waals surface area (Å²) in [5, 5.41) is 2.15. The van der Waals surface area contributed by atoms with Gasteiger partial charge in [-0.3, -0.25) is 0 Å². The van der Waals surface area contributed by atoms with Crippen molar-refractivity contribution in [2.24, 2.45) is 0 Å². The molecule has 3 aromatic carbocycles. The van der Waals surface area contributed by atoms with Crippen molar-refractivity contribution in [2.75, 3.05) is 0 Å². The average molecular weight is 396 g/mol. The summed E-state index contributed by atoms with van der Waals surface area (Å²) < 4.78 is 47.1. The molecule has 0 bridgehead atoms. The van der Waals surface area contributed by atoms with Gasteiger partial charge in [0.15, 0.2) is 0 Å². The Hall–Kier alpha value is -3.12. The Balaban J connectivity index is 1.63. The van der Waals surface area contributed by atoms with Crippen LogP contribution in [0.1, 0.15) is 22.8 Å². The summed E-state index contributed by atoms with van der Waals surface area (Å²) in [7, 11) is 0. The molecule has 0 spiro atoms. The van der Waals surface area contributed by atoms with E-state index in [2.05, 4.69) is 4.98 Å². The molecule has 0 amide bonds. The van der Waals surface area contributed by atoms with Crippen LogP contribution in [0, 0.1) is 0 Å². The van der Waals surface area contributed by atoms with Gasteiger partial charge in [0.2, 0.25) is 0 Å². The maximum atomic E-state index is 13.0. The zero-order chi connectivity index (χ0) is 20.3. The first kappa shape index (κ1) is 19.2. The number of hydrogen-bond donors (Lipinski definition) is 0. The molecule has 6 heteroatoms. The van der Waals surface area contributed by atoms with Gasteiger partial charge in [0.1, 0.15) is 6.10 Å². The van der Waals surface area contributed by atoms with Crippen molar-refractivity contribution in [3.8, 4) is 0 Å². The molecule has 0 aliphatic carbocycles. The third-order valence-corrected chi connectivity index (χ3v) is 4.81. The second-order valence-corrected chi connectivity index (χ2v) is 6.83. The maximum absolute atomic E-state index is 13.0. The number of rotatable bonds is 6. The third kappa shape index (κ3) is 4.49. The Morgan fingerprint density at radius 3 is 2.55 bits per heavy atom. The quantitative estimate of drug-likeness (QED) is 0.399. The predicted octanol–water partition coefficient (Wildman–Crippen LogP) is 6.01. The van der Waals surface area contributed by atoms with Crippen molar-refractivity contribution in [2.45, 2.75) is 25.4 Å². The Labute approximate surface area is 166 Å². The fourth-order valence-corrected chi connectivity index (χ4v) is 3.39. The van der Waals surface area contributed by atoms with Gasteiger partial charge in [0.05, 0.1) is 25.0 Å². The topological polar surface area (TPSA) is 27.1 Å². The first-order chi connectivity index (χ1) is 14.0. The molecule has 1 atom stereocenters. The van der Waals surface area contributed by atoms with Crippen molar-refractivity contribution in [1.29, 1.82) is 0 Å². The largest absolute Gasteiger partial charge is 0.416 e.